The van der Waals surface area contributed by atoms with Crippen LogP contribution in [0.3, 0.4) is 0 Å². The molecule has 1 atom stereocenters. The molecule has 4 nitrogen and oxygen atoms in total. The van der Waals surface area contributed by atoms with Crippen molar-refractivity contribution in [2.45, 2.75) is 63.2 Å². The number of carbonyl (C=O) groups is 1. The van der Waals surface area contributed by atoms with E-state index >= 15 is 0 Å². The summed E-state index contributed by atoms with van der Waals surface area (Å²) < 4.78 is 3.31. The molecule has 0 saturated heterocycles. The first-order valence-electron chi connectivity index (χ1n) is 8.37. The minimum Gasteiger partial charge on any atom is -0.337 e. The number of hydrogen-bond acceptors (Lipinski definition) is 5. The number of thioether (sulfide) groups is 1. The highest BCUT2D eigenvalue weighted by Crippen LogP contribution is 2.29. The maximum Gasteiger partial charge on any atom is 0.236 e. The number of aromatic nitrogens is 2. The highest BCUT2D eigenvalue weighted by atomic mass is 32.2. The fourth-order valence-electron chi connectivity index (χ4n) is 2.78. The van der Waals surface area contributed by atoms with Crippen LogP contribution in [0.2, 0.25) is 0 Å². The lowest BCUT2D eigenvalue weighted by molar-refractivity contribution is -0.133. The zero-order valence-electron chi connectivity index (χ0n) is 15.5. The summed E-state index contributed by atoms with van der Waals surface area (Å²) in [5, 5.41) is 4.44. The average molecular weight is 396 g/mol. The van der Waals surface area contributed by atoms with Gasteiger partial charge in [0.15, 0.2) is 8.29 Å². The molecule has 0 bridgehead atoms. The lowest BCUT2D eigenvalue weighted by Crippen LogP contribution is -2.45. The lowest BCUT2D eigenvalue weighted by atomic mass is 10.2. The second-order valence-corrected chi connectivity index (χ2v) is 9.74. The Morgan fingerprint density at radius 3 is 2.36 bits per heavy atom. The van der Waals surface area contributed by atoms with Crippen LogP contribution in [-0.4, -0.2) is 37.9 Å². The first-order valence-corrected chi connectivity index (χ1v) is 10.5. The van der Waals surface area contributed by atoms with Gasteiger partial charge in [-0.25, -0.2) is 4.68 Å². The van der Waals surface area contributed by atoms with E-state index in [1.165, 1.54) is 23.1 Å². The van der Waals surface area contributed by atoms with Gasteiger partial charge in [0.05, 0.1) is 10.9 Å². The smallest absolute Gasteiger partial charge is 0.236 e. The van der Waals surface area contributed by atoms with E-state index in [2.05, 4.69) is 5.10 Å². The number of carbonyl (C=O) groups excluding carboxylic acids is 1. The zero-order chi connectivity index (χ0) is 18.7. The number of nitrogens with zero attached hydrogens (tertiary/aromatic N) is 3. The van der Waals surface area contributed by atoms with Crippen molar-refractivity contribution in [2.75, 3.05) is 0 Å². The Hall–Kier alpha value is -1.18. The third-order valence-corrected chi connectivity index (χ3v) is 6.27. The summed E-state index contributed by atoms with van der Waals surface area (Å²) in [5.74, 6) is 0.138. The molecule has 0 radical (unpaired) electrons. The summed E-state index contributed by atoms with van der Waals surface area (Å²) in [6.07, 6.45) is 0. The van der Waals surface area contributed by atoms with Crippen molar-refractivity contribution < 1.29 is 4.79 Å². The number of rotatable bonds is 6. The van der Waals surface area contributed by atoms with Crippen molar-refractivity contribution in [1.82, 2.24) is 14.7 Å². The molecule has 1 amide bonds. The van der Waals surface area contributed by atoms with Crippen LogP contribution in [0.1, 0.15) is 40.2 Å². The molecule has 0 unspecified atom stereocenters. The first kappa shape index (κ1) is 20.1. The Morgan fingerprint density at radius 2 is 1.80 bits per heavy atom. The molecule has 1 aromatic heterocycles. The van der Waals surface area contributed by atoms with Crippen LogP contribution in [0.4, 0.5) is 0 Å². The van der Waals surface area contributed by atoms with Crippen molar-refractivity contribution in [2.24, 2.45) is 0 Å². The third kappa shape index (κ3) is 4.71. The molecule has 2 aromatic rings. The van der Waals surface area contributed by atoms with Crippen LogP contribution < -0.4 is 0 Å². The predicted molar refractivity (Wildman–Crippen MR) is 109 cm³/mol. The van der Waals surface area contributed by atoms with Crippen LogP contribution >= 0.6 is 35.3 Å². The molecule has 0 aliphatic heterocycles. The third-order valence-electron chi connectivity index (χ3n) is 3.87. The van der Waals surface area contributed by atoms with Crippen LogP contribution in [-0.2, 0) is 4.79 Å². The molecule has 0 aliphatic rings. The molecule has 0 fully saturated rings. The molecule has 0 aliphatic carbocycles. The van der Waals surface area contributed by atoms with Gasteiger partial charge >= 0.3 is 0 Å². The fourth-order valence-corrected chi connectivity index (χ4v) is 5.33. The molecule has 1 aromatic carbocycles. The maximum atomic E-state index is 12.8. The lowest BCUT2D eigenvalue weighted by Gasteiger charge is -2.32. The first-order chi connectivity index (χ1) is 11.7. The van der Waals surface area contributed by atoms with Crippen molar-refractivity contribution in [1.29, 1.82) is 0 Å². The van der Waals surface area contributed by atoms with Gasteiger partial charge in [-0.2, -0.15) is 0 Å². The maximum absolute atomic E-state index is 12.8. The zero-order valence-corrected chi connectivity index (χ0v) is 18.0. The molecule has 136 valence electrons. The largest absolute Gasteiger partial charge is 0.337 e. The number of amides is 1. The second kappa shape index (κ2) is 8.47. The summed E-state index contributed by atoms with van der Waals surface area (Å²) in [6, 6.07) is 8.38. The van der Waals surface area contributed by atoms with Gasteiger partial charge in [0.2, 0.25) is 5.91 Å². The van der Waals surface area contributed by atoms with Gasteiger partial charge in [0.1, 0.15) is 0 Å². The summed E-state index contributed by atoms with van der Waals surface area (Å²) >= 11 is 8.41. The van der Waals surface area contributed by atoms with E-state index in [4.69, 9.17) is 12.2 Å². The number of aryl methyl sites for hydroxylation is 1. The SMILES string of the molecule is Cc1ccccc1-n1nc(S[C@@H](C)C(=O)N(C(C)C)C(C)C)sc1=S. The summed E-state index contributed by atoms with van der Waals surface area (Å²) in [7, 11) is 0. The number of benzene rings is 1. The van der Waals surface area contributed by atoms with Crippen LogP contribution in [0.15, 0.2) is 28.6 Å². The minimum atomic E-state index is -0.198. The topological polar surface area (TPSA) is 38.1 Å². The van der Waals surface area contributed by atoms with Crippen molar-refractivity contribution >= 4 is 41.2 Å². The van der Waals surface area contributed by atoms with Gasteiger partial charge < -0.3 is 4.90 Å². The molecule has 0 saturated carbocycles. The van der Waals surface area contributed by atoms with Gasteiger partial charge in [-0.1, -0.05) is 41.3 Å². The fraction of sp³-hybridized carbons (Fsp3) is 0.500. The summed E-state index contributed by atoms with van der Waals surface area (Å²) in [5.41, 5.74) is 2.11. The van der Waals surface area contributed by atoms with E-state index in [0.717, 1.165) is 15.6 Å². The van der Waals surface area contributed by atoms with E-state index in [9.17, 15) is 4.79 Å². The quantitative estimate of drug-likeness (QED) is 0.504. The Morgan fingerprint density at radius 1 is 1.20 bits per heavy atom. The highest BCUT2D eigenvalue weighted by Gasteiger charge is 2.26. The van der Waals surface area contributed by atoms with E-state index < -0.39 is 0 Å². The normalized spacial score (nSPS) is 12.6. The predicted octanol–water partition coefficient (Wildman–Crippen LogP) is 5.10. The molecule has 0 spiro atoms. The van der Waals surface area contributed by atoms with Gasteiger partial charge in [-0.3, -0.25) is 4.79 Å². The van der Waals surface area contributed by atoms with E-state index in [-0.39, 0.29) is 23.2 Å². The van der Waals surface area contributed by atoms with E-state index in [1.54, 1.807) is 4.68 Å². The molecule has 0 N–H and O–H groups in total. The summed E-state index contributed by atoms with van der Waals surface area (Å²) in [4.78, 5) is 14.7. The molecule has 25 heavy (non-hydrogen) atoms. The Balaban J connectivity index is 2.22. The molecule has 1 heterocycles. The van der Waals surface area contributed by atoms with Crippen molar-refractivity contribution in [3.63, 3.8) is 0 Å². The van der Waals surface area contributed by atoms with Gasteiger partial charge in [-0.15, -0.1) is 5.10 Å². The second-order valence-electron chi connectivity index (χ2n) is 6.53. The Labute approximate surface area is 163 Å². The van der Waals surface area contributed by atoms with E-state index in [1.807, 2.05) is 70.7 Å². The Bertz CT molecular complexity index is 787. The van der Waals surface area contributed by atoms with Gasteiger partial charge in [-0.05, 0) is 65.4 Å². The monoisotopic (exact) mass is 395 g/mol. The summed E-state index contributed by atoms with van der Waals surface area (Å²) in [6.45, 7) is 12.2. The van der Waals surface area contributed by atoms with Crippen LogP contribution in [0.25, 0.3) is 5.69 Å². The molecule has 7 heteroatoms. The molecular weight excluding hydrogens is 370 g/mol. The van der Waals surface area contributed by atoms with Gasteiger partial charge in [0, 0.05) is 12.1 Å². The number of hydrogen-bond donors (Lipinski definition) is 0. The average Bonchev–Trinajstić information content (AvgIpc) is 2.87. The molecule has 2 rings (SSSR count). The van der Waals surface area contributed by atoms with Gasteiger partial charge in [0.25, 0.3) is 0 Å². The van der Waals surface area contributed by atoms with Crippen LogP contribution in [0, 0.1) is 10.9 Å². The van der Waals surface area contributed by atoms with Crippen LogP contribution in [0.5, 0.6) is 0 Å². The number of para-hydroxylation sites is 1. The molecular formula is C18H25N3OS3. The Kier molecular flexibility index (Phi) is 6.82. The van der Waals surface area contributed by atoms with Crippen molar-refractivity contribution in [3.8, 4) is 5.69 Å². The highest BCUT2D eigenvalue weighted by molar-refractivity contribution is 8.02. The minimum absolute atomic E-state index is 0.138. The van der Waals surface area contributed by atoms with E-state index in [0.29, 0.717) is 3.95 Å². The standard InChI is InChI=1S/C18H25N3OS3/c1-11(2)20(12(3)4)16(22)14(6)24-17-19-21(18(23)25-17)15-10-8-7-9-13(15)5/h7-12,14H,1-6H3/t14-/m0/s1. The van der Waals surface area contributed by atoms with Crippen molar-refractivity contribution in [3.05, 3.63) is 33.8 Å².